The predicted molar refractivity (Wildman–Crippen MR) is 72.4 cm³/mol. The number of carboxylic acids is 1. The highest BCUT2D eigenvalue weighted by Crippen LogP contribution is 2.21. The Hall–Kier alpha value is -2.08. The second-order valence-corrected chi connectivity index (χ2v) is 5.05. The van der Waals surface area contributed by atoms with Crippen LogP contribution in [0.1, 0.15) is 18.1 Å². The Morgan fingerprint density at radius 3 is 2.25 bits per heavy atom. The first kappa shape index (κ1) is 14.3. The Morgan fingerprint density at radius 2 is 1.80 bits per heavy atom. The van der Waals surface area contributed by atoms with Crippen LogP contribution in [0.4, 0.5) is 4.79 Å². The van der Waals surface area contributed by atoms with E-state index in [-0.39, 0.29) is 6.04 Å². The number of amides is 2. The average Bonchev–Trinajstić information content (AvgIpc) is 2.77. The first-order valence-electron chi connectivity index (χ1n) is 6.52. The van der Waals surface area contributed by atoms with E-state index in [9.17, 15) is 14.7 Å². The third kappa shape index (κ3) is 3.27. The van der Waals surface area contributed by atoms with Gasteiger partial charge in [0.25, 0.3) is 0 Å². The van der Waals surface area contributed by atoms with E-state index in [4.69, 9.17) is 5.11 Å². The van der Waals surface area contributed by atoms with Gasteiger partial charge >= 0.3 is 12.0 Å². The quantitative estimate of drug-likeness (QED) is 0.636. The van der Waals surface area contributed by atoms with Gasteiger partial charge in [-0.25, -0.2) is 9.59 Å². The summed E-state index contributed by atoms with van der Waals surface area (Å²) < 4.78 is 0. The zero-order valence-corrected chi connectivity index (χ0v) is 11.2. The van der Waals surface area contributed by atoms with Crippen molar-refractivity contribution in [2.75, 3.05) is 0 Å². The topological polar surface area (TPSA) is 98.7 Å². The van der Waals surface area contributed by atoms with Crippen molar-refractivity contribution in [2.45, 2.75) is 38.0 Å². The lowest BCUT2D eigenvalue weighted by Crippen LogP contribution is -2.53. The number of urea groups is 1. The minimum Gasteiger partial charge on any atom is -0.480 e. The molecule has 0 saturated carbocycles. The van der Waals surface area contributed by atoms with E-state index in [1.54, 1.807) is 0 Å². The molecule has 1 aliphatic rings. The Bertz CT molecular complexity index is 491. The Balaban J connectivity index is 1.89. The second-order valence-electron chi connectivity index (χ2n) is 5.05. The van der Waals surface area contributed by atoms with Gasteiger partial charge in [-0.15, -0.1) is 0 Å². The number of hydrogen-bond donors (Lipinski definition) is 4. The van der Waals surface area contributed by atoms with Crippen LogP contribution in [0.15, 0.2) is 24.3 Å². The summed E-state index contributed by atoms with van der Waals surface area (Å²) in [5.41, 5.74) is 2.39. The van der Waals surface area contributed by atoms with Crippen LogP contribution in [0, 0.1) is 0 Å². The predicted octanol–water partition coefficient (Wildman–Crippen LogP) is 0.287. The van der Waals surface area contributed by atoms with Crippen LogP contribution in [-0.2, 0) is 17.6 Å². The fourth-order valence-corrected chi connectivity index (χ4v) is 2.42. The van der Waals surface area contributed by atoms with E-state index >= 15 is 0 Å². The molecule has 2 amide bonds. The summed E-state index contributed by atoms with van der Waals surface area (Å²) in [6.07, 6.45) is 0.311. The minimum absolute atomic E-state index is 0.0455. The second kappa shape index (κ2) is 5.92. The molecule has 2 unspecified atom stereocenters. The van der Waals surface area contributed by atoms with Crippen LogP contribution >= 0.6 is 0 Å². The summed E-state index contributed by atoms with van der Waals surface area (Å²) in [5, 5.41) is 23.2. The summed E-state index contributed by atoms with van der Waals surface area (Å²) in [6, 6.07) is 6.02. The third-order valence-electron chi connectivity index (χ3n) is 3.42. The molecule has 0 aromatic heterocycles. The van der Waals surface area contributed by atoms with Crippen molar-refractivity contribution >= 4 is 12.0 Å². The number of aliphatic hydroxyl groups is 1. The van der Waals surface area contributed by atoms with Gasteiger partial charge < -0.3 is 20.8 Å². The molecule has 0 saturated heterocycles. The smallest absolute Gasteiger partial charge is 0.328 e. The summed E-state index contributed by atoms with van der Waals surface area (Å²) in [6.45, 7) is 1.32. The van der Waals surface area contributed by atoms with Gasteiger partial charge in [-0.3, -0.25) is 0 Å². The maximum atomic E-state index is 11.8. The Labute approximate surface area is 116 Å². The largest absolute Gasteiger partial charge is 0.480 e. The van der Waals surface area contributed by atoms with Gasteiger partial charge in [0, 0.05) is 6.04 Å². The molecule has 4 N–H and O–H groups in total. The zero-order valence-electron chi connectivity index (χ0n) is 11.2. The van der Waals surface area contributed by atoms with Crippen molar-refractivity contribution in [3.05, 3.63) is 35.4 Å². The molecule has 0 aliphatic heterocycles. The molecule has 6 heteroatoms. The highest BCUT2D eigenvalue weighted by atomic mass is 16.4. The molecule has 1 aromatic rings. The number of carbonyl (C=O) groups is 2. The van der Waals surface area contributed by atoms with E-state index in [1.807, 2.05) is 24.3 Å². The van der Waals surface area contributed by atoms with E-state index in [2.05, 4.69) is 10.6 Å². The SMILES string of the molecule is CC(O)C(NC(=O)NC1Cc2ccccc2C1)C(=O)O. The molecule has 0 radical (unpaired) electrons. The average molecular weight is 278 g/mol. The number of rotatable bonds is 4. The number of nitrogens with one attached hydrogen (secondary N) is 2. The summed E-state index contributed by atoms with van der Waals surface area (Å²) in [5.74, 6) is -1.26. The normalized spacial score (nSPS) is 17.1. The van der Waals surface area contributed by atoms with Gasteiger partial charge in [-0.2, -0.15) is 0 Å². The zero-order chi connectivity index (χ0) is 14.7. The summed E-state index contributed by atoms with van der Waals surface area (Å²) in [7, 11) is 0. The van der Waals surface area contributed by atoms with Crippen molar-refractivity contribution in [3.63, 3.8) is 0 Å². The fourth-order valence-electron chi connectivity index (χ4n) is 2.42. The summed E-state index contributed by atoms with van der Waals surface area (Å²) in [4.78, 5) is 22.7. The van der Waals surface area contributed by atoms with Crippen molar-refractivity contribution in [1.82, 2.24) is 10.6 Å². The van der Waals surface area contributed by atoms with Crippen LogP contribution in [-0.4, -0.2) is 40.4 Å². The standard InChI is InChI=1S/C14H18N2O4/c1-8(17)12(13(18)19)16-14(20)15-11-6-9-4-2-3-5-10(9)7-11/h2-5,8,11-12,17H,6-7H2,1H3,(H,18,19)(H2,15,16,20). The molecular weight excluding hydrogens is 260 g/mol. The van der Waals surface area contributed by atoms with Gasteiger partial charge in [0.05, 0.1) is 6.10 Å². The van der Waals surface area contributed by atoms with Crippen LogP contribution in [0.5, 0.6) is 0 Å². The Kier molecular flexibility index (Phi) is 4.24. The molecular formula is C14H18N2O4. The highest BCUT2D eigenvalue weighted by Gasteiger charge is 2.27. The van der Waals surface area contributed by atoms with E-state index < -0.39 is 24.1 Å². The van der Waals surface area contributed by atoms with Crippen molar-refractivity contribution < 1.29 is 19.8 Å². The molecule has 0 heterocycles. The molecule has 0 bridgehead atoms. The van der Waals surface area contributed by atoms with Gasteiger partial charge in [0.1, 0.15) is 0 Å². The first-order valence-corrected chi connectivity index (χ1v) is 6.52. The van der Waals surface area contributed by atoms with Crippen LogP contribution < -0.4 is 10.6 Å². The first-order chi connectivity index (χ1) is 9.47. The van der Waals surface area contributed by atoms with Crippen molar-refractivity contribution in [1.29, 1.82) is 0 Å². The number of aliphatic carboxylic acids is 1. The maximum absolute atomic E-state index is 11.8. The molecule has 2 atom stereocenters. The monoisotopic (exact) mass is 278 g/mol. The van der Waals surface area contributed by atoms with E-state index in [0.717, 1.165) is 12.8 Å². The van der Waals surface area contributed by atoms with Crippen LogP contribution in [0.2, 0.25) is 0 Å². The molecule has 6 nitrogen and oxygen atoms in total. The van der Waals surface area contributed by atoms with E-state index in [0.29, 0.717) is 0 Å². The number of fused-ring (bicyclic) bond motifs is 1. The lowest BCUT2D eigenvalue weighted by atomic mass is 10.1. The van der Waals surface area contributed by atoms with Gasteiger partial charge in [-0.1, -0.05) is 24.3 Å². The number of carbonyl (C=O) groups excluding carboxylic acids is 1. The third-order valence-corrected chi connectivity index (χ3v) is 3.42. The highest BCUT2D eigenvalue weighted by molar-refractivity contribution is 5.83. The van der Waals surface area contributed by atoms with Crippen LogP contribution in [0.25, 0.3) is 0 Å². The fraction of sp³-hybridized carbons (Fsp3) is 0.429. The molecule has 108 valence electrons. The van der Waals surface area contributed by atoms with E-state index in [1.165, 1.54) is 18.1 Å². The maximum Gasteiger partial charge on any atom is 0.328 e. The summed E-state index contributed by atoms with van der Waals surface area (Å²) >= 11 is 0. The van der Waals surface area contributed by atoms with Crippen LogP contribution in [0.3, 0.4) is 0 Å². The lowest BCUT2D eigenvalue weighted by Gasteiger charge is -2.19. The molecule has 0 fully saturated rings. The van der Waals surface area contributed by atoms with Crippen molar-refractivity contribution in [2.24, 2.45) is 0 Å². The van der Waals surface area contributed by atoms with Crippen molar-refractivity contribution in [3.8, 4) is 0 Å². The number of benzene rings is 1. The number of carboxylic acid groups (broad SMARTS) is 1. The molecule has 1 aromatic carbocycles. The number of hydrogen-bond acceptors (Lipinski definition) is 3. The van der Waals surface area contributed by atoms with Gasteiger partial charge in [0.2, 0.25) is 0 Å². The van der Waals surface area contributed by atoms with Gasteiger partial charge in [-0.05, 0) is 30.9 Å². The molecule has 2 rings (SSSR count). The molecule has 0 spiro atoms. The molecule has 20 heavy (non-hydrogen) atoms. The Morgan fingerprint density at radius 1 is 1.25 bits per heavy atom. The number of aliphatic hydroxyl groups excluding tert-OH is 1. The van der Waals surface area contributed by atoms with Gasteiger partial charge in [0.15, 0.2) is 6.04 Å². The molecule has 1 aliphatic carbocycles. The lowest BCUT2D eigenvalue weighted by molar-refractivity contribution is -0.141. The minimum atomic E-state index is -1.31.